The molecule has 0 spiro atoms. The Bertz CT molecular complexity index is 637. The number of esters is 1. The van der Waals surface area contributed by atoms with Gasteiger partial charge in [0, 0.05) is 13.0 Å². The van der Waals surface area contributed by atoms with Crippen molar-refractivity contribution in [2.24, 2.45) is 0 Å². The summed E-state index contributed by atoms with van der Waals surface area (Å²) in [6.07, 6.45) is 1.88. The quantitative estimate of drug-likeness (QED) is 0.593. The van der Waals surface area contributed by atoms with Gasteiger partial charge in [-0.25, -0.2) is 9.59 Å². The highest BCUT2D eigenvalue weighted by atomic mass is 16.6. The molecular weight excluding hydrogens is 334 g/mol. The van der Waals surface area contributed by atoms with Gasteiger partial charge in [0.25, 0.3) is 0 Å². The van der Waals surface area contributed by atoms with Gasteiger partial charge in [0.2, 0.25) is 0 Å². The molecule has 0 aliphatic carbocycles. The standard InChI is InChI=1S/C20H27NO5/c1-19(2,3)26-18(24)21-13-8-7-11-20(21,12-14-22)17(23)25-15-16-9-5-4-6-10-16/h4-6,9-10,14H,7-8,11-13,15H2,1-3H3. The smallest absolute Gasteiger partial charge is 0.411 e. The maximum Gasteiger partial charge on any atom is 0.411 e. The lowest BCUT2D eigenvalue weighted by Gasteiger charge is -2.44. The van der Waals surface area contributed by atoms with Crippen LogP contribution in [0.3, 0.4) is 0 Å². The summed E-state index contributed by atoms with van der Waals surface area (Å²) < 4.78 is 10.9. The van der Waals surface area contributed by atoms with Crippen LogP contribution in [0.2, 0.25) is 0 Å². The summed E-state index contributed by atoms with van der Waals surface area (Å²) in [6.45, 7) is 5.77. The van der Waals surface area contributed by atoms with E-state index in [4.69, 9.17) is 9.47 Å². The predicted molar refractivity (Wildman–Crippen MR) is 96.4 cm³/mol. The molecule has 0 bridgehead atoms. The van der Waals surface area contributed by atoms with Gasteiger partial charge in [-0.2, -0.15) is 0 Å². The van der Waals surface area contributed by atoms with E-state index in [-0.39, 0.29) is 13.0 Å². The van der Waals surface area contributed by atoms with Crippen LogP contribution in [-0.2, 0) is 25.7 Å². The number of rotatable bonds is 5. The molecule has 1 saturated heterocycles. The van der Waals surface area contributed by atoms with E-state index in [0.717, 1.165) is 18.4 Å². The number of nitrogens with zero attached hydrogens (tertiary/aromatic N) is 1. The third-order valence-electron chi connectivity index (χ3n) is 4.37. The Labute approximate surface area is 154 Å². The van der Waals surface area contributed by atoms with Crippen LogP contribution < -0.4 is 0 Å². The zero-order chi connectivity index (χ0) is 19.2. The summed E-state index contributed by atoms with van der Waals surface area (Å²) in [7, 11) is 0. The lowest BCUT2D eigenvalue weighted by atomic mass is 9.84. The number of hydrogen-bond acceptors (Lipinski definition) is 5. The van der Waals surface area contributed by atoms with Gasteiger partial charge in [-0.3, -0.25) is 4.90 Å². The minimum absolute atomic E-state index is 0.0974. The Morgan fingerprint density at radius 1 is 1.19 bits per heavy atom. The van der Waals surface area contributed by atoms with Gasteiger partial charge in [-0.1, -0.05) is 30.3 Å². The van der Waals surface area contributed by atoms with E-state index in [0.29, 0.717) is 19.3 Å². The van der Waals surface area contributed by atoms with Crippen molar-refractivity contribution in [3.63, 3.8) is 0 Å². The monoisotopic (exact) mass is 361 g/mol. The van der Waals surface area contributed by atoms with Gasteiger partial charge >= 0.3 is 12.1 Å². The van der Waals surface area contributed by atoms with Gasteiger partial charge in [0.05, 0.1) is 0 Å². The number of amides is 1. The van der Waals surface area contributed by atoms with Crippen LogP contribution in [0.5, 0.6) is 0 Å². The molecule has 0 aromatic heterocycles. The molecule has 26 heavy (non-hydrogen) atoms. The number of benzene rings is 1. The SMILES string of the molecule is CC(C)(C)OC(=O)N1CCCCC1(CC=O)C(=O)OCc1ccccc1. The van der Waals surface area contributed by atoms with Crippen LogP contribution in [0.25, 0.3) is 0 Å². The normalized spacial score (nSPS) is 20.3. The lowest BCUT2D eigenvalue weighted by Crippen LogP contribution is -2.61. The number of hydrogen-bond donors (Lipinski definition) is 0. The van der Waals surface area contributed by atoms with Crippen molar-refractivity contribution in [2.45, 2.75) is 64.2 Å². The summed E-state index contributed by atoms with van der Waals surface area (Å²) in [5.41, 5.74) is -1.13. The summed E-state index contributed by atoms with van der Waals surface area (Å²) >= 11 is 0. The first-order valence-electron chi connectivity index (χ1n) is 8.94. The van der Waals surface area contributed by atoms with Crippen LogP contribution in [0, 0.1) is 0 Å². The Morgan fingerprint density at radius 3 is 2.50 bits per heavy atom. The van der Waals surface area contributed by atoms with Gasteiger partial charge in [0.1, 0.15) is 24.0 Å². The number of carbonyl (C=O) groups is 3. The highest BCUT2D eigenvalue weighted by molar-refractivity contribution is 5.88. The molecule has 1 amide bonds. The fourth-order valence-corrected chi connectivity index (χ4v) is 3.12. The summed E-state index contributed by atoms with van der Waals surface area (Å²) in [6, 6.07) is 9.30. The molecule has 6 nitrogen and oxygen atoms in total. The molecule has 1 aromatic rings. The Balaban J connectivity index is 2.21. The van der Waals surface area contributed by atoms with E-state index in [1.54, 1.807) is 20.8 Å². The van der Waals surface area contributed by atoms with Crippen molar-refractivity contribution in [1.82, 2.24) is 4.90 Å². The minimum Gasteiger partial charge on any atom is -0.459 e. The second kappa shape index (κ2) is 8.34. The van der Waals surface area contributed by atoms with Crippen LogP contribution >= 0.6 is 0 Å². The molecule has 1 aliphatic rings. The first-order chi connectivity index (χ1) is 12.3. The molecule has 0 radical (unpaired) electrons. The van der Waals surface area contributed by atoms with Gasteiger partial charge in [-0.15, -0.1) is 0 Å². The van der Waals surface area contributed by atoms with Crippen molar-refractivity contribution in [3.05, 3.63) is 35.9 Å². The van der Waals surface area contributed by atoms with Gasteiger partial charge in [-0.05, 0) is 45.6 Å². The van der Waals surface area contributed by atoms with E-state index in [2.05, 4.69) is 0 Å². The zero-order valence-corrected chi connectivity index (χ0v) is 15.7. The van der Waals surface area contributed by atoms with E-state index in [9.17, 15) is 14.4 Å². The van der Waals surface area contributed by atoms with Crippen LogP contribution in [0.1, 0.15) is 52.0 Å². The molecule has 1 fully saturated rings. The third kappa shape index (κ3) is 4.84. The molecule has 142 valence electrons. The number of likely N-dealkylation sites (tertiary alicyclic amines) is 1. The average Bonchev–Trinajstić information content (AvgIpc) is 2.59. The first-order valence-corrected chi connectivity index (χ1v) is 8.94. The molecular formula is C20H27NO5. The number of aldehydes is 1. The Hall–Kier alpha value is -2.37. The highest BCUT2D eigenvalue weighted by Crippen LogP contribution is 2.34. The summed E-state index contributed by atoms with van der Waals surface area (Å²) in [4.78, 5) is 38.3. The molecule has 1 atom stereocenters. The molecule has 0 N–H and O–H groups in total. The minimum atomic E-state index is -1.29. The van der Waals surface area contributed by atoms with Crippen molar-refractivity contribution < 1.29 is 23.9 Å². The largest absolute Gasteiger partial charge is 0.459 e. The maximum absolute atomic E-state index is 12.9. The number of ether oxygens (including phenoxy) is 2. The molecule has 0 saturated carbocycles. The Morgan fingerprint density at radius 2 is 1.88 bits per heavy atom. The van der Waals surface area contributed by atoms with Crippen molar-refractivity contribution >= 4 is 18.3 Å². The molecule has 1 aliphatic heterocycles. The second-order valence-corrected chi connectivity index (χ2v) is 7.55. The fourth-order valence-electron chi connectivity index (χ4n) is 3.12. The first kappa shape index (κ1) is 19.9. The van der Waals surface area contributed by atoms with Crippen LogP contribution in [0.4, 0.5) is 4.79 Å². The highest BCUT2D eigenvalue weighted by Gasteiger charge is 2.50. The second-order valence-electron chi connectivity index (χ2n) is 7.55. The predicted octanol–water partition coefficient (Wildman–Crippen LogP) is 3.48. The average molecular weight is 361 g/mol. The fraction of sp³-hybridized carbons (Fsp3) is 0.550. The van der Waals surface area contributed by atoms with Crippen molar-refractivity contribution in [3.8, 4) is 0 Å². The van der Waals surface area contributed by atoms with Crippen molar-refractivity contribution in [2.75, 3.05) is 6.54 Å². The summed E-state index contributed by atoms with van der Waals surface area (Å²) in [5.74, 6) is -0.556. The molecule has 1 unspecified atom stereocenters. The van der Waals surface area contributed by atoms with E-state index in [1.807, 2.05) is 30.3 Å². The van der Waals surface area contributed by atoms with Gasteiger partial charge < -0.3 is 14.3 Å². The number of piperidine rings is 1. The molecule has 1 heterocycles. The zero-order valence-electron chi connectivity index (χ0n) is 15.7. The van der Waals surface area contributed by atoms with Crippen LogP contribution in [0.15, 0.2) is 30.3 Å². The van der Waals surface area contributed by atoms with E-state index >= 15 is 0 Å². The lowest BCUT2D eigenvalue weighted by molar-refractivity contribution is -0.163. The van der Waals surface area contributed by atoms with Gasteiger partial charge in [0.15, 0.2) is 0 Å². The van der Waals surface area contributed by atoms with Crippen LogP contribution in [-0.4, -0.2) is 40.9 Å². The maximum atomic E-state index is 12.9. The molecule has 2 rings (SSSR count). The van der Waals surface area contributed by atoms with E-state index in [1.165, 1.54) is 4.90 Å². The summed E-state index contributed by atoms with van der Waals surface area (Å²) in [5, 5.41) is 0. The third-order valence-corrected chi connectivity index (χ3v) is 4.37. The van der Waals surface area contributed by atoms with Crippen molar-refractivity contribution in [1.29, 1.82) is 0 Å². The Kier molecular flexibility index (Phi) is 6.40. The molecule has 1 aromatic carbocycles. The van der Waals surface area contributed by atoms with E-state index < -0.39 is 23.2 Å². The molecule has 6 heteroatoms. The number of carbonyl (C=O) groups excluding carboxylic acids is 3. The topological polar surface area (TPSA) is 72.9 Å².